The quantitative estimate of drug-likeness (QED) is 0.675. The van der Waals surface area contributed by atoms with Crippen molar-refractivity contribution in [1.82, 2.24) is 15.5 Å². The summed E-state index contributed by atoms with van der Waals surface area (Å²) in [5, 5.41) is 7.10. The number of benzene rings is 1. The van der Waals surface area contributed by atoms with Crippen LogP contribution in [0, 0.1) is 0 Å². The standard InChI is InChI=1S/C21H31N3O.C2H6/c1-2-25-20-8-6-18(7-9-20)10-12-22-17-19-11-13-23-21(16-19)24-14-4-3-5-15-24;1-2/h6-9,11,16,22-23H,2-5,10,12-15,17H2,1H3;1-2H3. The lowest BCUT2D eigenvalue weighted by atomic mass is 10.1. The molecule has 0 aromatic heterocycles. The molecule has 4 heteroatoms. The third-order valence-electron chi connectivity index (χ3n) is 4.82. The molecule has 3 rings (SSSR count). The van der Waals surface area contributed by atoms with Gasteiger partial charge in [0, 0.05) is 26.2 Å². The van der Waals surface area contributed by atoms with Gasteiger partial charge in [-0.05, 0) is 68.5 Å². The summed E-state index contributed by atoms with van der Waals surface area (Å²) < 4.78 is 5.49. The predicted molar refractivity (Wildman–Crippen MR) is 115 cm³/mol. The zero-order chi connectivity index (χ0) is 19.3. The lowest BCUT2D eigenvalue weighted by molar-refractivity contribution is 0.268. The molecule has 2 aliphatic heterocycles. The molecule has 0 saturated carbocycles. The van der Waals surface area contributed by atoms with Gasteiger partial charge in [0.2, 0.25) is 0 Å². The molecule has 0 aliphatic carbocycles. The van der Waals surface area contributed by atoms with Crippen LogP contribution in [0.5, 0.6) is 5.75 Å². The highest BCUT2D eigenvalue weighted by atomic mass is 16.5. The van der Waals surface area contributed by atoms with Crippen LogP contribution < -0.4 is 15.4 Å². The van der Waals surface area contributed by atoms with Crippen LogP contribution in [0.15, 0.2) is 47.8 Å². The van der Waals surface area contributed by atoms with Crippen LogP contribution in [-0.2, 0) is 6.42 Å². The second kappa shape index (κ2) is 12.4. The molecule has 4 nitrogen and oxygen atoms in total. The molecule has 2 heterocycles. The molecule has 0 atom stereocenters. The van der Waals surface area contributed by atoms with Gasteiger partial charge < -0.3 is 20.3 Å². The fourth-order valence-electron chi connectivity index (χ4n) is 3.42. The number of hydrogen-bond donors (Lipinski definition) is 2. The summed E-state index contributed by atoms with van der Waals surface area (Å²) in [6.07, 6.45) is 9.66. The van der Waals surface area contributed by atoms with E-state index in [1.807, 2.05) is 20.8 Å². The minimum atomic E-state index is 0.720. The van der Waals surface area contributed by atoms with E-state index in [1.165, 1.54) is 49.3 Å². The number of rotatable bonds is 8. The smallest absolute Gasteiger partial charge is 0.119 e. The molecule has 2 N–H and O–H groups in total. The predicted octanol–water partition coefficient (Wildman–Crippen LogP) is 4.10. The van der Waals surface area contributed by atoms with Crippen molar-refractivity contribution in [2.75, 3.05) is 39.3 Å². The van der Waals surface area contributed by atoms with Gasteiger partial charge in [-0.25, -0.2) is 0 Å². The maximum Gasteiger partial charge on any atom is 0.119 e. The average molecular weight is 372 g/mol. The van der Waals surface area contributed by atoms with E-state index in [1.54, 1.807) is 0 Å². The van der Waals surface area contributed by atoms with E-state index in [-0.39, 0.29) is 0 Å². The van der Waals surface area contributed by atoms with Crippen LogP contribution in [-0.4, -0.2) is 44.2 Å². The Kier molecular flexibility index (Phi) is 9.85. The van der Waals surface area contributed by atoms with Gasteiger partial charge in [0.25, 0.3) is 0 Å². The number of dihydropyridines is 1. The summed E-state index contributed by atoms with van der Waals surface area (Å²) in [7, 11) is 0. The number of likely N-dealkylation sites (tertiary alicyclic amines) is 1. The molecule has 27 heavy (non-hydrogen) atoms. The molecular formula is C23H37N3O. The Morgan fingerprint density at radius 3 is 2.52 bits per heavy atom. The normalized spacial score (nSPS) is 16.5. The van der Waals surface area contributed by atoms with Crippen LogP contribution in [0.1, 0.15) is 45.6 Å². The van der Waals surface area contributed by atoms with Crippen molar-refractivity contribution in [2.24, 2.45) is 0 Å². The van der Waals surface area contributed by atoms with Crippen molar-refractivity contribution in [2.45, 2.75) is 46.5 Å². The maximum atomic E-state index is 5.49. The lowest BCUT2D eigenvalue weighted by Gasteiger charge is -2.33. The van der Waals surface area contributed by atoms with Crippen molar-refractivity contribution in [3.8, 4) is 5.75 Å². The monoisotopic (exact) mass is 371 g/mol. The van der Waals surface area contributed by atoms with Gasteiger partial charge in [-0.2, -0.15) is 0 Å². The van der Waals surface area contributed by atoms with E-state index < -0.39 is 0 Å². The SMILES string of the molecule is CC.CCOc1ccc(CCNCC2=CCNC(N3CCCCC3)=C2)cc1. The van der Waals surface area contributed by atoms with Gasteiger partial charge in [0.05, 0.1) is 6.61 Å². The van der Waals surface area contributed by atoms with Gasteiger partial charge in [0.15, 0.2) is 0 Å². The van der Waals surface area contributed by atoms with E-state index in [9.17, 15) is 0 Å². The number of nitrogens with zero attached hydrogens (tertiary/aromatic N) is 1. The number of nitrogens with one attached hydrogen (secondary N) is 2. The lowest BCUT2D eigenvalue weighted by Crippen LogP contribution is -2.37. The molecule has 0 spiro atoms. The number of hydrogen-bond acceptors (Lipinski definition) is 4. The Hall–Kier alpha value is -1.94. The summed E-state index contributed by atoms with van der Waals surface area (Å²) in [4.78, 5) is 2.50. The first-order valence-corrected chi connectivity index (χ1v) is 10.7. The van der Waals surface area contributed by atoms with Crippen molar-refractivity contribution >= 4 is 0 Å². The summed E-state index contributed by atoms with van der Waals surface area (Å²) in [5.41, 5.74) is 2.74. The van der Waals surface area contributed by atoms with E-state index in [2.05, 4.69) is 52.0 Å². The summed E-state index contributed by atoms with van der Waals surface area (Å²) in [5.74, 6) is 2.26. The molecule has 2 aliphatic rings. The topological polar surface area (TPSA) is 36.5 Å². The van der Waals surface area contributed by atoms with Crippen LogP contribution in [0.2, 0.25) is 0 Å². The van der Waals surface area contributed by atoms with E-state index in [0.717, 1.165) is 38.4 Å². The Morgan fingerprint density at radius 2 is 1.81 bits per heavy atom. The summed E-state index contributed by atoms with van der Waals surface area (Å²) in [6.45, 7) is 12.0. The Labute approximate surface area is 165 Å². The first kappa shape index (κ1) is 21.4. The van der Waals surface area contributed by atoms with E-state index in [4.69, 9.17) is 4.74 Å². The van der Waals surface area contributed by atoms with Gasteiger partial charge in [-0.15, -0.1) is 0 Å². The van der Waals surface area contributed by atoms with E-state index in [0.29, 0.717) is 0 Å². The van der Waals surface area contributed by atoms with Crippen LogP contribution in [0.25, 0.3) is 0 Å². The first-order valence-electron chi connectivity index (χ1n) is 10.7. The zero-order valence-corrected chi connectivity index (χ0v) is 17.4. The molecule has 0 bridgehead atoms. The molecule has 150 valence electrons. The van der Waals surface area contributed by atoms with Crippen LogP contribution in [0.4, 0.5) is 0 Å². The molecule has 0 amide bonds. The minimum Gasteiger partial charge on any atom is -0.494 e. The van der Waals surface area contributed by atoms with Crippen LogP contribution in [0.3, 0.4) is 0 Å². The molecule has 1 aromatic carbocycles. The molecule has 0 radical (unpaired) electrons. The van der Waals surface area contributed by atoms with E-state index >= 15 is 0 Å². The molecule has 0 unspecified atom stereocenters. The summed E-state index contributed by atoms with van der Waals surface area (Å²) >= 11 is 0. The molecule has 1 aromatic rings. The zero-order valence-electron chi connectivity index (χ0n) is 17.4. The second-order valence-electron chi connectivity index (χ2n) is 6.74. The minimum absolute atomic E-state index is 0.720. The van der Waals surface area contributed by atoms with Crippen molar-refractivity contribution in [3.63, 3.8) is 0 Å². The van der Waals surface area contributed by atoms with Gasteiger partial charge in [-0.3, -0.25) is 0 Å². The summed E-state index contributed by atoms with van der Waals surface area (Å²) in [6, 6.07) is 8.43. The highest BCUT2D eigenvalue weighted by Gasteiger charge is 2.15. The number of piperidine rings is 1. The largest absolute Gasteiger partial charge is 0.494 e. The highest BCUT2D eigenvalue weighted by Crippen LogP contribution is 2.16. The highest BCUT2D eigenvalue weighted by molar-refractivity contribution is 5.29. The third kappa shape index (κ3) is 7.30. The second-order valence-corrected chi connectivity index (χ2v) is 6.74. The van der Waals surface area contributed by atoms with Gasteiger partial charge >= 0.3 is 0 Å². The fourth-order valence-corrected chi connectivity index (χ4v) is 3.42. The molecule has 1 fully saturated rings. The molecular weight excluding hydrogens is 334 g/mol. The van der Waals surface area contributed by atoms with Crippen molar-refractivity contribution in [3.05, 3.63) is 53.4 Å². The number of ether oxygens (including phenoxy) is 1. The van der Waals surface area contributed by atoms with Crippen molar-refractivity contribution < 1.29 is 4.74 Å². The Balaban J connectivity index is 0.00000126. The maximum absolute atomic E-state index is 5.49. The Bertz CT molecular complexity index is 586. The average Bonchev–Trinajstić information content (AvgIpc) is 2.75. The third-order valence-corrected chi connectivity index (χ3v) is 4.82. The molecule has 1 saturated heterocycles. The fraction of sp³-hybridized carbons (Fsp3) is 0.565. The van der Waals surface area contributed by atoms with Gasteiger partial charge in [-0.1, -0.05) is 32.1 Å². The van der Waals surface area contributed by atoms with Crippen LogP contribution >= 0.6 is 0 Å². The Morgan fingerprint density at radius 1 is 1.07 bits per heavy atom. The van der Waals surface area contributed by atoms with Gasteiger partial charge in [0.1, 0.15) is 11.6 Å². The van der Waals surface area contributed by atoms with Crippen molar-refractivity contribution in [1.29, 1.82) is 0 Å². The first-order chi connectivity index (χ1) is 13.3.